The third-order valence-electron chi connectivity index (χ3n) is 4.11. The Morgan fingerprint density at radius 2 is 2.00 bits per heavy atom. The summed E-state index contributed by atoms with van der Waals surface area (Å²) in [5.74, 6) is -0.466. The molecule has 0 spiro atoms. The fourth-order valence-electron chi connectivity index (χ4n) is 2.82. The minimum Gasteiger partial charge on any atom is -0.478 e. The first-order valence-electron chi connectivity index (χ1n) is 9.67. The van der Waals surface area contributed by atoms with Gasteiger partial charge in [-0.1, -0.05) is 39.5 Å². The van der Waals surface area contributed by atoms with Crippen molar-refractivity contribution in [2.45, 2.75) is 27.2 Å². The number of nitrogens with zero attached hydrogens (tertiary/aromatic N) is 3. The van der Waals surface area contributed by atoms with E-state index >= 15 is 0 Å². The average Bonchev–Trinajstić information content (AvgIpc) is 2.76. The van der Waals surface area contributed by atoms with Crippen molar-refractivity contribution in [2.75, 3.05) is 18.9 Å². The second kappa shape index (κ2) is 10.2. The van der Waals surface area contributed by atoms with Crippen LogP contribution in [0.15, 0.2) is 43.3 Å². The molecule has 0 unspecified atom stereocenters. The Hall–Kier alpha value is -3.48. The smallest absolute Gasteiger partial charge is 0.335 e. The minimum atomic E-state index is -0.995. The van der Waals surface area contributed by atoms with Gasteiger partial charge in [-0.15, -0.1) is 0 Å². The number of anilines is 1. The summed E-state index contributed by atoms with van der Waals surface area (Å²) in [4.78, 5) is 25.1. The number of nitrogens with one attached hydrogen (secondary N) is 2. The second-order valence-corrected chi connectivity index (χ2v) is 5.97. The number of fused-ring (bicyclic) bond motifs is 3. The molecule has 3 aromatic rings. The van der Waals surface area contributed by atoms with E-state index in [-0.39, 0.29) is 5.56 Å². The molecule has 152 valence electrons. The van der Waals surface area contributed by atoms with Gasteiger partial charge in [0.2, 0.25) is 5.95 Å². The molecule has 0 fully saturated rings. The van der Waals surface area contributed by atoms with Crippen molar-refractivity contribution in [1.82, 2.24) is 20.3 Å². The van der Waals surface area contributed by atoms with E-state index in [0.717, 1.165) is 29.3 Å². The quantitative estimate of drug-likeness (QED) is 0.402. The average molecular weight is 393 g/mol. The van der Waals surface area contributed by atoms with Crippen LogP contribution in [0.3, 0.4) is 0 Å². The molecular weight excluding hydrogens is 366 g/mol. The van der Waals surface area contributed by atoms with Crippen molar-refractivity contribution in [3.05, 3.63) is 54.5 Å². The predicted molar refractivity (Wildman–Crippen MR) is 119 cm³/mol. The standard InChI is InChI=1S/C20H21N5O2.C2H6/c1-4-8-22-20-23-11-15-14-7-6-13(19(26)27)9-16(14)24-17(18(15)25-20)12(5-2)10-21-3;1-2/h5-7,9-11,21H,2,4,8H2,1,3H3,(H,26,27)(H,22,23,25);1-2H3/b12-10+;. The highest BCUT2D eigenvalue weighted by Crippen LogP contribution is 2.30. The van der Waals surface area contributed by atoms with Crippen molar-refractivity contribution in [2.24, 2.45) is 0 Å². The number of aromatic nitrogens is 3. The molecule has 0 aliphatic heterocycles. The van der Waals surface area contributed by atoms with E-state index < -0.39 is 5.97 Å². The maximum Gasteiger partial charge on any atom is 0.335 e. The molecule has 1 aromatic carbocycles. The van der Waals surface area contributed by atoms with Gasteiger partial charge >= 0.3 is 5.97 Å². The summed E-state index contributed by atoms with van der Waals surface area (Å²) in [6.07, 6.45) is 6.17. The van der Waals surface area contributed by atoms with Gasteiger partial charge in [-0.05, 0) is 18.6 Å². The molecule has 0 saturated heterocycles. The summed E-state index contributed by atoms with van der Waals surface area (Å²) in [7, 11) is 1.79. The SMILES string of the molecule is C=C/C(=C\NC)c1nc2cc(C(=O)O)ccc2c2cnc(NCCC)nc12.CC. The molecule has 3 rings (SSSR count). The van der Waals surface area contributed by atoms with Crippen LogP contribution in [0.25, 0.3) is 27.4 Å². The van der Waals surface area contributed by atoms with Crippen LogP contribution in [0, 0.1) is 0 Å². The number of allylic oxidation sites excluding steroid dienone is 2. The maximum atomic E-state index is 11.3. The van der Waals surface area contributed by atoms with E-state index in [1.807, 2.05) is 13.8 Å². The molecular formula is C22H27N5O2. The topological polar surface area (TPSA) is 100 Å². The molecule has 0 atom stereocenters. The zero-order chi connectivity index (χ0) is 21.4. The number of hydrogen-bond donors (Lipinski definition) is 3. The Morgan fingerprint density at radius 1 is 1.24 bits per heavy atom. The lowest BCUT2D eigenvalue weighted by atomic mass is 10.0. The Labute approximate surface area is 170 Å². The van der Waals surface area contributed by atoms with Crippen LogP contribution >= 0.6 is 0 Å². The fraction of sp³-hybridized carbons (Fsp3) is 0.273. The Morgan fingerprint density at radius 3 is 2.62 bits per heavy atom. The van der Waals surface area contributed by atoms with E-state index in [1.54, 1.807) is 43.7 Å². The number of carboxylic acids is 1. The summed E-state index contributed by atoms with van der Waals surface area (Å²) in [6.45, 7) is 10.7. The monoisotopic (exact) mass is 393 g/mol. The van der Waals surface area contributed by atoms with Crippen LogP contribution in [-0.2, 0) is 0 Å². The summed E-state index contributed by atoms with van der Waals surface area (Å²) < 4.78 is 0. The van der Waals surface area contributed by atoms with Gasteiger partial charge in [-0.2, -0.15) is 0 Å². The molecule has 7 nitrogen and oxygen atoms in total. The van der Waals surface area contributed by atoms with E-state index in [2.05, 4.69) is 34.1 Å². The molecule has 0 aliphatic rings. The zero-order valence-corrected chi connectivity index (χ0v) is 17.3. The summed E-state index contributed by atoms with van der Waals surface area (Å²) in [5.41, 5.74) is 2.80. The van der Waals surface area contributed by atoms with Crippen LogP contribution < -0.4 is 10.6 Å². The molecule has 2 aromatic heterocycles. The fourth-order valence-corrected chi connectivity index (χ4v) is 2.82. The minimum absolute atomic E-state index is 0.181. The Kier molecular flexibility index (Phi) is 7.65. The van der Waals surface area contributed by atoms with Crippen LogP contribution in [0.2, 0.25) is 0 Å². The number of aromatic carboxylic acids is 1. The van der Waals surface area contributed by atoms with Gasteiger partial charge in [-0.25, -0.2) is 19.7 Å². The highest BCUT2D eigenvalue weighted by molar-refractivity contribution is 6.09. The number of pyridine rings is 1. The third kappa shape index (κ3) is 4.68. The predicted octanol–water partition coefficient (Wildman–Crippen LogP) is 4.47. The van der Waals surface area contributed by atoms with E-state index in [4.69, 9.17) is 4.98 Å². The maximum absolute atomic E-state index is 11.3. The normalized spacial score (nSPS) is 11.0. The van der Waals surface area contributed by atoms with Gasteiger partial charge in [0.1, 0.15) is 5.52 Å². The lowest BCUT2D eigenvalue weighted by Crippen LogP contribution is -2.06. The molecule has 0 aliphatic carbocycles. The first kappa shape index (κ1) is 21.8. The van der Waals surface area contributed by atoms with Crippen molar-refractivity contribution in [1.29, 1.82) is 0 Å². The molecule has 0 radical (unpaired) electrons. The van der Waals surface area contributed by atoms with Gasteiger partial charge in [0.05, 0.1) is 16.8 Å². The Bertz CT molecular complexity index is 1060. The van der Waals surface area contributed by atoms with Crippen LogP contribution in [0.4, 0.5) is 5.95 Å². The van der Waals surface area contributed by atoms with Gasteiger partial charge < -0.3 is 15.7 Å². The van der Waals surface area contributed by atoms with Crippen molar-refractivity contribution >= 4 is 39.3 Å². The summed E-state index contributed by atoms with van der Waals surface area (Å²) in [5, 5.41) is 17.1. The zero-order valence-electron chi connectivity index (χ0n) is 17.3. The van der Waals surface area contributed by atoms with Crippen molar-refractivity contribution in [3.8, 4) is 0 Å². The van der Waals surface area contributed by atoms with Crippen molar-refractivity contribution < 1.29 is 9.90 Å². The molecule has 0 bridgehead atoms. The summed E-state index contributed by atoms with van der Waals surface area (Å²) in [6, 6.07) is 4.87. The highest BCUT2D eigenvalue weighted by Gasteiger charge is 2.15. The van der Waals surface area contributed by atoms with Gasteiger partial charge in [0.15, 0.2) is 0 Å². The van der Waals surface area contributed by atoms with Crippen LogP contribution in [0.5, 0.6) is 0 Å². The number of carbonyl (C=O) groups is 1. The lowest BCUT2D eigenvalue weighted by molar-refractivity contribution is 0.0697. The van der Waals surface area contributed by atoms with Gasteiger partial charge in [-0.3, -0.25) is 0 Å². The van der Waals surface area contributed by atoms with Crippen molar-refractivity contribution in [3.63, 3.8) is 0 Å². The van der Waals surface area contributed by atoms with Crippen LogP contribution in [-0.4, -0.2) is 39.6 Å². The largest absolute Gasteiger partial charge is 0.478 e. The molecule has 0 amide bonds. The van der Waals surface area contributed by atoms with E-state index in [9.17, 15) is 9.90 Å². The Balaban J connectivity index is 0.00000145. The first-order valence-corrected chi connectivity index (χ1v) is 9.67. The first-order chi connectivity index (χ1) is 14.1. The van der Waals surface area contributed by atoms with E-state index in [0.29, 0.717) is 22.7 Å². The van der Waals surface area contributed by atoms with Gasteiger partial charge in [0, 0.05) is 42.3 Å². The second-order valence-electron chi connectivity index (χ2n) is 5.97. The van der Waals surface area contributed by atoms with Gasteiger partial charge in [0.25, 0.3) is 0 Å². The number of carboxylic acid groups (broad SMARTS) is 1. The lowest BCUT2D eigenvalue weighted by Gasteiger charge is -2.12. The molecule has 29 heavy (non-hydrogen) atoms. The molecule has 3 N–H and O–H groups in total. The van der Waals surface area contributed by atoms with E-state index in [1.165, 1.54) is 0 Å². The highest BCUT2D eigenvalue weighted by atomic mass is 16.4. The number of benzene rings is 1. The van der Waals surface area contributed by atoms with Crippen LogP contribution in [0.1, 0.15) is 43.2 Å². The number of rotatable bonds is 7. The molecule has 2 heterocycles. The molecule has 0 saturated carbocycles. The summed E-state index contributed by atoms with van der Waals surface area (Å²) >= 11 is 0. The molecule has 7 heteroatoms. The third-order valence-corrected chi connectivity index (χ3v) is 4.11. The number of hydrogen-bond acceptors (Lipinski definition) is 6.